The standard InChI is InChI=1S/C11H19N3/c1-11(2,3)14-8-9(7-13-14)10-5-4-6-12-10/h7-8,10,12H,4-6H2,1-3H3. The zero-order chi connectivity index (χ0) is 10.2. The van der Waals surface area contributed by atoms with Gasteiger partial charge in [0, 0.05) is 17.8 Å². The van der Waals surface area contributed by atoms with Gasteiger partial charge in [0.25, 0.3) is 0 Å². The summed E-state index contributed by atoms with van der Waals surface area (Å²) in [7, 11) is 0. The number of aromatic nitrogens is 2. The molecule has 3 nitrogen and oxygen atoms in total. The van der Waals surface area contributed by atoms with E-state index in [4.69, 9.17) is 0 Å². The molecule has 1 atom stereocenters. The maximum Gasteiger partial charge on any atom is 0.0543 e. The molecule has 1 aromatic heterocycles. The monoisotopic (exact) mass is 193 g/mol. The molecule has 3 heteroatoms. The number of nitrogens with zero attached hydrogens (tertiary/aromatic N) is 2. The first kappa shape index (κ1) is 9.71. The van der Waals surface area contributed by atoms with Crippen LogP contribution in [0.25, 0.3) is 0 Å². The Labute approximate surface area is 85.5 Å². The van der Waals surface area contributed by atoms with Crippen molar-refractivity contribution in [3.63, 3.8) is 0 Å². The number of hydrogen-bond donors (Lipinski definition) is 1. The van der Waals surface area contributed by atoms with Crippen LogP contribution in [-0.2, 0) is 5.54 Å². The molecule has 1 unspecified atom stereocenters. The molecule has 0 saturated carbocycles. The summed E-state index contributed by atoms with van der Waals surface area (Å²) in [4.78, 5) is 0. The molecule has 0 aliphatic carbocycles. The minimum atomic E-state index is 0.0941. The summed E-state index contributed by atoms with van der Waals surface area (Å²) in [5, 5.41) is 7.89. The van der Waals surface area contributed by atoms with Crippen molar-refractivity contribution < 1.29 is 0 Å². The zero-order valence-electron chi connectivity index (χ0n) is 9.25. The van der Waals surface area contributed by atoms with Gasteiger partial charge in [0.05, 0.1) is 11.7 Å². The maximum absolute atomic E-state index is 4.41. The summed E-state index contributed by atoms with van der Waals surface area (Å²) in [6.07, 6.45) is 6.69. The van der Waals surface area contributed by atoms with Crippen LogP contribution in [0.15, 0.2) is 12.4 Å². The van der Waals surface area contributed by atoms with Crippen molar-refractivity contribution in [2.24, 2.45) is 0 Å². The van der Waals surface area contributed by atoms with E-state index >= 15 is 0 Å². The van der Waals surface area contributed by atoms with Gasteiger partial charge in [0.15, 0.2) is 0 Å². The second-order valence-electron chi connectivity index (χ2n) is 5.04. The molecule has 0 amide bonds. The van der Waals surface area contributed by atoms with E-state index < -0.39 is 0 Å². The van der Waals surface area contributed by atoms with Crippen molar-refractivity contribution in [2.45, 2.75) is 45.2 Å². The molecule has 1 fully saturated rings. The predicted octanol–water partition coefficient (Wildman–Crippen LogP) is 2.06. The van der Waals surface area contributed by atoms with Gasteiger partial charge in [-0.05, 0) is 40.2 Å². The molecule has 0 aromatic carbocycles. The van der Waals surface area contributed by atoms with E-state index in [1.54, 1.807) is 0 Å². The molecule has 1 saturated heterocycles. The van der Waals surface area contributed by atoms with Crippen LogP contribution in [0.4, 0.5) is 0 Å². The molecule has 1 N–H and O–H groups in total. The summed E-state index contributed by atoms with van der Waals surface area (Å²) in [6.45, 7) is 7.66. The normalized spacial score (nSPS) is 22.9. The van der Waals surface area contributed by atoms with Gasteiger partial charge in [-0.15, -0.1) is 0 Å². The highest BCUT2D eigenvalue weighted by Crippen LogP contribution is 2.24. The third-order valence-electron chi connectivity index (χ3n) is 2.75. The fraction of sp³-hybridized carbons (Fsp3) is 0.727. The Hall–Kier alpha value is -0.830. The van der Waals surface area contributed by atoms with Gasteiger partial charge in [-0.1, -0.05) is 0 Å². The fourth-order valence-electron chi connectivity index (χ4n) is 1.85. The highest BCUT2D eigenvalue weighted by Gasteiger charge is 2.20. The van der Waals surface area contributed by atoms with Crippen LogP contribution < -0.4 is 5.32 Å². The average molecular weight is 193 g/mol. The lowest BCUT2D eigenvalue weighted by Gasteiger charge is -2.19. The zero-order valence-corrected chi connectivity index (χ0v) is 9.25. The molecule has 78 valence electrons. The van der Waals surface area contributed by atoms with E-state index in [9.17, 15) is 0 Å². The van der Waals surface area contributed by atoms with Crippen LogP contribution in [0.2, 0.25) is 0 Å². The predicted molar refractivity (Wildman–Crippen MR) is 57.2 cm³/mol. The molecular weight excluding hydrogens is 174 g/mol. The summed E-state index contributed by atoms with van der Waals surface area (Å²) in [6, 6.07) is 0.533. The van der Waals surface area contributed by atoms with E-state index in [1.807, 2.05) is 10.9 Å². The first-order valence-corrected chi connectivity index (χ1v) is 5.36. The van der Waals surface area contributed by atoms with Crippen LogP contribution in [0.3, 0.4) is 0 Å². The largest absolute Gasteiger partial charge is 0.310 e. The minimum Gasteiger partial charge on any atom is -0.310 e. The van der Waals surface area contributed by atoms with Crippen LogP contribution >= 0.6 is 0 Å². The van der Waals surface area contributed by atoms with Gasteiger partial charge < -0.3 is 5.32 Å². The van der Waals surface area contributed by atoms with Crippen LogP contribution in [-0.4, -0.2) is 16.3 Å². The summed E-state index contributed by atoms with van der Waals surface area (Å²) < 4.78 is 2.04. The van der Waals surface area contributed by atoms with Crippen LogP contribution in [0.1, 0.15) is 45.2 Å². The second-order valence-corrected chi connectivity index (χ2v) is 5.04. The number of rotatable bonds is 1. The quantitative estimate of drug-likeness (QED) is 0.740. The van der Waals surface area contributed by atoms with Crippen molar-refractivity contribution in [1.82, 2.24) is 15.1 Å². The Bertz CT molecular complexity index is 303. The van der Waals surface area contributed by atoms with Crippen molar-refractivity contribution in [2.75, 3.05) is 6.54 Å². The lowest BCUT2D eigenvalue weighted by molar-refractivity contribution is 0.355. The lowest BCUT2D eigenvalue weighted by Crippen LogP contribution is -2.22. The van der Waals surface area contributed by atoms with E-state index in [2.05, 4.69) is 37.4 Å². The van der Waals surface area contributed by atoms with E-state index in [0.29, 0.717) is 6.04 Å². The molecule has 2 rings (SSSR count). The first-order valence-electron chi connectivity index (χ1n) is 5.36. The molecule has 1 aromatic rings. The Morgan fingerprint density at radius 1 is 1.50 bits per heavy atom. The molecule has 1 aliphatic rings. The van der Waals surface area contributed by atoms with Gasteiger partial charge in [-0.25, -0.2) is 0 Å². The third-order valence-corrected chi connectivity index (χ3v) is 2.75. The van der Waals surface area contributed by atoms with Crippen LogP contribution in [0, 0.1) is 0 Å². The van der Waals surface area contributed by atoms with Crippen molar-refractivity contribution >= 4 is 0 Å². The van der Waals surface area contributed by atoms with Crippen molar-refractivity contribution in [3.05, 3.63) is 18.0 Å². The minimum absolute atomic E-state index is 0.0941. The number of hydrogen-bond acceptors (Lipinski definition) is 2. The maximum atomic E-state index is 4.41. The Balaban J connectivity index is 2.17. The number of nitrogens with one attached hydrogen (secondary N) is 1. The van der Waals surface area contributed by atoms with Gasteiger partial charge >= 0.3 is 0 Å². The van der Waals surface area contributed by atoms with Gasteiger partial charge in [-0.3, -0.25) is 4.68 Å². The highest BCUT2D eigenvalue weighted by molar-refractivity contribution is 5.12. The van der Waals surface area contributed by atoms with Gasteiger partial charge in [0.1, 0.15) is 0 Å². The van der Waals surface area contributed by atoms with Gasteiger partial charge in [0.2, 0.25) is 0 Å². The molecule has 0 bridgehead atoms. The van der Waals surface area contributed by atoms with Crippen molar-refractivity contribution in [1.29, 1.82) is 0 Å². The first-order chi connectivity index (χ1) is 6.57. The Kier molecular flexibility index (Phi) is 2.35. The molecule has 0 radical (unpaired) electrons. The Morgan fingerprint density at radius 2 is 2.29 bits per heavy atom. The molecule has 2 heterocycles. The average Bonchev–Trinajstić information content (AvgIpc) is 2.73. The second kappa shape index (κ2) is 3.39. The summed E-state index contributed by atoms with van der Waals surface area (Å²) >= 11 is 0. The fourth-order valence-corrected chi connectivity index (χ4v) is 1.85. The topological polar surface area (TPSA) is 29.9 Å². The highest BCUT2D eigenvalue weighted by atomic mass is 15.3. The molecule has 1 aliphatic heterocycles. The Morgan fingerprint density at radius 3 is 2.79 bits per heavy atom. The molecular formula is C11H19N3. The summed E-state index contributed by atoms with van der Waals surface area (Å²) in [5.74, 6) is 0. The van der Waals surface area contributed by atoms with Crippen LogP contribution in [0.5, 0.6) is 0 Å². The SMILES string of the molecule is CC(C)(C)n1cc(C2CCCN2)cn1. The van der Waals surface area contributed by atoms with E-state index in [0.717, 1.165) is 6.54 Å². The molecule has 14 heavy (non-hydrogen) atoms. The van der Waals surface area contributed by atoms with Crippen molar-refractivity contribution in [3.8, 4) is 0 Å². The van der Waals surface area contributed by atoms with E-state index in [-0.39, 0.29) is 5.54 Å². The summed E-state index contributed by atoms with van der Waals surface area (Å²) in [5.41, 5.74) is 1.43. The smallest absolute Gasteiger partial charge is 0.0543 e. The molecule has 0 spiro atoms. The lowest BCUT2D eigenvalue weighted by atomic mass is 10.1. The third kappa shape index (κ3) is 1.82. The van der Waals surface area contributed by atoms with Gasteiger partial charge in [-0.2, -0.15) is 5.10 Å². The van der Waals surface area contributed by atoms with E-state index in [1.165, 1.54) is 18.4 Å².